The van der Waals surface area contributed by atoms with E-state index < -0.39 is 5.82 Å². The summed E-state index contributed by atoms with van der Waals surface area (Å²) in [6.07, 6.45) is 6.71. The number of ether oxygens (including phenoxy) is 1. The quantitative estimate of drug-likeness (QED) is 0.283. The summed E-state index contributed by atoms with van der Waals surface area (Å²) in [5.74, 6) is 0.384. The summed E-state index contributed by atoms with van der Waals surface area (Å²) in [6, 6.07) is 7.26. The third-order valence-corrected chi connectivity index (χ3v) is 7.46. The molecular weight excluding hydrogens is 547 g/mol. The van der Waals surface area contributed by atoms with Crippen molar-refractivity contribution < 1.29 is 13.9 Å². The summed E-state index contributed by atoms with van der Waals surface area (Å²) in [4.78, 5) is 33.4. The van der Waals surface area contributed by atoms with Gasteiger partial charge in [-0.1, -0.05) is 24.2 Å². The van der Waals surface area contributed by atoms with Crippen LogP contribution in [0.15, 0.2) is 55.5 Å². The topological polar surface area (TPSA) is 113 Å². The maximum absolute atomic E-state index is 16.6. The van der Waals surface area contributed by atoms with Crippen molar-refractivity contribution in [1.82, 2.24) is 35.0 Å². The van der Waals surface area contributed by atoms with Gasteiger partial charge in [-0.15, -0.1) is 0 Å². The standard InChI is InChI=1S/C29H26ClFN8O2/c1-3-23(40)38-10-12-39(13-11-38)28-18-15-20(30)25(24-17(2)5-6-21-19(24)16-34-37-21)26(31)27(18)35-29(36-28)41-14-7-22-32-8-4-9-33-22/h3-6,8-9,15-16H,1,7,10-14H2,2H3,(H,34,37). The number of hydrogen-bond donors (Lipinski definition) is 1. The second-order valence-electron chi connectivity index (χ2n) is 9.64. The summed E-state index contributed by atoms with van der Waals surface area (Å²) in [5, 5.41) is 8.50. The van der Waals surface area contributed by atoms with Crippen molar-refractivity contribution in [3.05, 3.63) is 77.7 Å². The number of nitrogens with zero attached hydrogens (tertiary/aromatic N) is 7. The highest BCUT2D eigenvalue weighted by atomic mass is 35.5. The minimum atomic E-state index is -0.579. The maximum Gasteiger partial charge on any atom is 0.319 e. The van der Waals surface area contributed by atoms with Gasteiger partial charge in [0, 0.05) is 66.9 Å². The molecule has 0 atom stereocenters. The van der Waals surface area contributed by atoms with Crippen LogP contribution in [0.25, 0.3) is 32.9 Å². The van der Waals surface area contributed by atoms with Gasteiger partial charge in [0.05, 0.1) is 23.3 Å². The van der Waals surface area contributed by atoms with Gasteiger partial charge in [-0.05, 0) is 36.8 Å². The highest BCUT2D eigenvalue weighted by molar-refractivity contribution is 6.35. The molecule has 0 spiro atoms. The number of halogens is 2. The number of carbonyl (C=O) groups is 1. The Hall–Kier alpha value is -4.64. The van der Waals surface area contributed by atoms with Gasteiger partial charge in [0.1, 0.15) is 17.2 Å². The first kappa shape index (κ1) is 26.6. The van der Waals surface area contributed by atoms with Crippen LogP contribution in [0.3, 0.4) is 0 Å². The van der Waals surface area contributed by atoms with E-state index in [9.17, 15) is 4.79 Å². The highest BCUT2D eigenvalue weighted by Gasteiger charge is 2.27. The molecule has 6 rings (SSSR count). The molecule has 0 bridgehead atoms. The van der Waals surface area contributed by atoms with Crippen molar-refractivity contribution in [3.8, 4) is 17.1 Å². The molecule has 1 aliphatic heterocycles. The molecule has 5 aromatic rings. The Labute approximate surface area is 239 Å². The van der Waals surface area contributed by atoms with Gasteiger partial charge in [-0.3, -0.25) is 9.89 Å². The molecule has 41 heavy (non-hydrogen) atoms. The van der Waals surface area contributed by atoms with Gasteiger partial charge < -0.3 is 14.5 Å². The number of anilines is 1. The van der Waals surface area contributed by atoms with Gasteiger partial charge in [-0.25, -0.2) is 14.4 Å². The van der Waals surface area contributed by atoms with Crippen molar-refractivity contribution in [2.24, 2.45) is 0 Å². The molecule has 10 nitrogen and oxygen atoms in total. The third kappa shape index (κ3) is 5.04. The minimum absolute atomic E-state index is 0.0263. The maximum atomic E-state index is 16.6. The Kier molecular flexibility index (Phi) is 7.19. The van der Waals surface area contributed by atoms with Crippen LogP contribution in [0.4, 0.5) is 10.2 Å². The zero-order chi connectivity index (χ0) is 28.5. The van der Waals surface area contributed by atoms with E-state index >= 15 is 4.39 Å². The molecule has 1 aliphatic rings. The molecule has 4 heterocycles. The fourth-order valence-electron chi connectivity index (χ4n) is 5.11. The monoisotopic (exact) mass is 572 g/mol. The fourth-order valence-corrected chi connectivity index (χ4v) is 5.40. The fraction of sp³-hybridized carbons (Fsp3) is 0.241. The predicted octanol–water partition coefficient (Wildman–Crippen LogP) is 4.52. The average Bonchev–Trinajstić information content (AvgIpc) is 3.47. The predicted molar refractivity (Wildman–Crippen MR) is 155 cm³/mol. The van der Waals surface area contributed by atoms with E-state index in [1.54, 1.807) is 35.6 Å². The number of H-pyrrole nitrogens is 1. The Bertz CT molecular complexity index is 1770. The van der Waals surface area contributed by atoms with Gasteiger partial charge in [-0.2, -0.15) is 15.1 Å². The Morgan fingerprint density at radius 1 is 1.15 bits per heavy atom. The van der Waals surface area contributed by atoms with Crippen molar-refractivity contribution in [3.63, 3.8) is 0 Å². The first-order valence-electron chi connectivity index (χ1n) is 13.1. The number of hydrogen-bond acceptors (Lipinski definition) is 8. The molecule has 1 fully saturated rings. The van der Waals surface area contributed by atoms with E-state index in [1.165, 1.54) is 6.08 Å². The molecule has 3 aromatic heterocycles. The van der Waals surface area contributed by atoms with Crippen molar-refractivity contribution in [2.75, 3.05) is 37.7 Å². The number of carbonyl (C=O) groups excluding carboxylic acids is 1. The number of piperazine rings is 1. The number of benzene rings is 2. The summed E-state index contributed by atoms with van der Waals surface area (Å²) < 4.78 is 22.5. The number of rotatable bonds is 7. The highest BCUT2D eigenvalue weighted by Crippen LogP contribution is 2.42. The second-order valence-corrected chi connectivity index (χ2v) is 10.0. The Morgan fingerprint density at radius 2 is 1.93 bits per heavy atom. The lowest BCUT2D eigenvalue weighted by Gasteiger charge is -2.35. The molecule has 0 unspecified atom stereocenters. The van der Waals surface area contributed by atoms with E-state index in [2.05, 4.69) is 36.7 Å². The molecule has 2 aromatic carbocycles. The second kappa shape index (κ2) is 11.1. The SMILES string of the molecule is C=CC(=O)N1CCN(c2nc(OCCc3ncccn3)nc3c(F)c(-c4c(C)ccc5[nH]ncc45)c(Cl)cc23)CC1. The average molecular weight is 573 g/mol. The molecule has 12 heteroatoms. The summed E-state index contributed by atoms with van der Waals surface area (Å²) >= 11 is 6.81. The van der Waals surface area contributed by atoms with Gasteiger partial charge in [0.25, 0.3) is 0 Å². The lowest BCUT2D eigenvalue weighted by Crippen LogP contribution is -2.48. The van der Waals surface area contributed by atoms with E-state index in [0.29, 0.717) is 55.2 Å². The molecule has 208 valence electrons. The van der Waals surface area contributed by atoms with Crippen molar-refractivity contribution in [2.45, 2.75) is 13.3 Å². The molecule has 0 saturated carbocycles. The van der Waals surface area contributed by atoms with Crippen LogP contribution >= 0.6 is 11.6 Å². The van der Waals surface area contributed by atoms with Crippen molar-refractivity contribution in [1.29, 1.82) is 0 Å². The largest absolute Gasteiger partial charge is 0.463 e. The molecule has 1 N–H and O–H groups in total. The smallest absolute Gasteiger partial charge is 0.319 e. The Morgan fingerprint density at radius 3 is 2.68 bits per heavy atom. The summed E-state index contributed by atoms with van der Waals surface area (Å²) in [7, 11) is 0. The number of aryl methyl sites for hydroxylation is 1. The zero-order valence-corrected chi connectivity index (χ0v) is 23.0. The van der Waals surface area contributed by atoms with E-state index in [4.69, 9.17) is 16.3 Å². The number of nitrogens with one attached hydrogen (secondary N) is 1. The van der Waals surface area contributed by atoms with Gasteiger partial charge in [0.2, 0.25) is 5.91 Å². The van der Waals surface area contributed by atoms with E-state index in [0.717, 1.165) is 16.5 Å². The zero-order valence-electron chi connectivity index (χ0n) is 22.3. The lowest BCUT2D eigenvalue weighted by atomic mass is 9.95. The van der Waals surface area contributed by atoms with Crippen LogP contribution in [-0.2, 0) is 11.2 Å². The van der Waals surface area contributed by atoms with Crippen LogP contribution in [0.2, 0.25) is 5.02 Å². The van der Waals surface area contributed by atoms with Gasteiger partial charge in [0.15, 0.2) is 5.82 Å². The summed E-state index contributed by atoms with van der Waals surface area (Å²) in [5.41, 5.74) is 2.57. The summed E-state index contributed by atoms with van der Waals surface area (Å²) in [6.45, 7) is 7.58. The molecular formula is C29H26ClFN8O2. The number of aromatic amines is 1. The van der Waals surface area contributed by atoms with Crippen LogP contribution < -0.4 is 9.64 Å². The first-order chi connectivity index (χ1) is 19.9. The molecule has 1 amide bonds. The number of fused-ring (bicyclic) bond motifs is 2. The van der Waals surface area contributed by atoms with E-state index in [-0.39, 0.29) is 34.6 Å². The number of amides is 1. The minimum Gasteiger partial charge on any atom is -0.463 e. The first-order valence-corrected chi connectivity index (χ1v) is 13.5. The normalized spacial score (nSPS) is 13.6. The van der Waals surface area contributed by atoms with E-state index in [1.807, 2.05) is 24.0 Å². The lowest BCUT2D eigenvalue weighted by molar-refractivity contribution is -0.126. The third-order valence-electron chi connectivity index (χ3n) is 7.17. The number of aromatic nitrogens is 6. The molecule has 0 aliphatic carbocycles. The van der Waals surface area contributed by atoms with Crippen LogP contribution in [0, 0.1) is 12.7 Å². The molecule has 1 saturated heterocycles. The Balaban J connectivity index is 1.45. The van der Waals surface area contributed by atoms with Crippen molar-refractivity contribution >= 4 is 45.1 Å². The van der Waals surface area contributed by atoms with Gasteiger partial charge >= 0.3 is 6.01 Å². The van der Waals surface area contributed by atoms with Crippen LogP contribution in [-0.4, -0.2) is 73.7 Å². The molecule has 0 radical (unpaired) electrons. The van der Waals surface area contributed by atoms with Crippen LogP contribution in [0.5, 0.6) is 6.01 Å². The van der Waals surface area contributed by atoms with Crippen LogP contribution in [0.1, 0.15) is 11.4 Å².